The molecule has 1 unspecified atom stereocenters. The van der Waals surface area contributed by atoms with E-state index in [9.17, 15) is 9.18 Å². The second-order valence-electron chi connectivity index (χ2n) is 6.19. The monoisotopic (exact) mass is 343 g/mol. The Morgan fingerprint density at radius 3 is 2.88 bits per heavy atom. The van der Waals surface area contributed by atoms with Crippen LogP contribution in [0, 0.1) is 5.82 Å². The fourth-order valence-electron chi connectivity index (χ4n) is 3.04. The second-order valence-corrected chi connectivity index (χ2v) is 6.19. The second kappa shape index (κ2) is 8.12. The van der Waals surface area contributed by atoms with Gasteiger partial charge in [-0.15, -0.1) is 0 Å². The molecular weight excluding hydrogens is 321 g/mol. The largest absolute Gasteiger partial charge is 0.497 e. The van der Waals surface area contributed by atoms with Gasteiger partial charge in [0, 0.05) is 18.7 Å². The maximum Gasteiger partial charge on any atom is 0.254 e. The summed E-state index contributed by atoms with van der Waals surface area (Å²) in [4.78, 5) is 14.5. The highest BCUT2D eigenvalue weighted by Crippen LogP contribution is 2.20. The van der Waals surface area contributed by atoms with Gasteiger partial charge in [-0.3, -0.25) is 4.79 Å². The van der Waals surface area contributed by atoms with Crippen LogP contribution in [-0.4, -0.2) is 37.1 Å². The quantitative estimate of drug-likeness (QED) is 0.832. The van der Waals surface area contributed by atoms with Crippen molar-refractivity contribution in [2.75, 3.05) is 20.2 Å². The topological polar surface area (TPSA) is 38.8 Å². The molecule has 0 aromatic heterocycles. The van der Waals surface area contributed by atoms with Crippen LogP contribution in [0.2, 0.25) is 0 Å². The van der Waals surface area contributed by atoms with Crippen LogP contribution in [0.25, 0.3) is 0 Å². The SMILES string of the molecule is COc1cccc(C(=O)N2CCCC(OCc3cccc(F)c3)C2)c1. The molecule has 0 spiro atoms. The molecule has 0 saturated carbocycles. The number of ether oxygens (including phenoxy) is 2. The van der Waals surface area contributed by atoms with Crippen LogP contribution in [0.15, 0.2) is 48.5 Å². The molecule has 0 N–H and O–H groups in total. The van der Waals surface area contributed by atoms with Crippen molar-refractivity contribution < 1.29 is 18.7 Å². The van der Waals surface area contributed by atoms with Gasteiger partial charge in [-0.2, -0.15) is 0 Å². The molecule has 0 aliphatic carbocycles. The van der Waals surface area contributed by atoms with Crippen molar-refractivity contribution in [2.45, 2.75) is 25.6 Å². The lowest BCUT2D eigenvalue weighted by atomic mass is 10.1. The van der Waals surface area contributed by atoms with Crippen molar-refractivity contribution >= 4 is 5.91 Å². The lowest BCUT2D eigenvalue weighted by Crippen LogP contribution is -2.43. The molecule has 2 aromatic rings. The van der Waals surface area contributed by atoms with E-state index in [4.69, 9.17) is 9.47 Å². The van der Waals surface area contributed by atoms with E-state index in [0.717, 1.165) is 24.9 Å². The Morgan fingerprint density at radius 2 is 2.08 bits per heavy atom. The molecule has 4 nitrogen and oxygen atoms in total. The van der Waals surface area contributed by atoms with Crippen molar-refractivity contribution in [3.05, 3.63) is 65.5 Å². The number of piperidine rings is 1. The summed E-state index contributed by atoms with van der Waals surface area (Å²) in [5.74, 6) is 0.388. The van der Waals surface area contributed by atoms with Gasteiger partial charge < -0.3 is 14.4 Å². The zero-order chi connectivity index (χ0) is 17.6. The molecule has 1 fully saturated rings. The van der Waals surface area contributed by atoms with Gasteiger partial charge in [0.1, 0.15) is 11.6 Å². The minimum Gasteiger partial charge on any atom is -0.497 e. The number of likely N-dealkylation sites (tertiary alicyclic amines) is 1. The van der Waals surface area contributed by atoms with E-state index in [-0.39, 0.29) is 17.8 Å². The zero-order valence-electron chi connectivity index (χ0n) is 14.3. The van der Waals surface area contributed by atoms with Gasteiger partial charge in [0.05, 0.1) is 19.8 Å². The van der Waals surface area contributed by atoms with Gasteiger partial charge in [-0.25, -0.2) is 4.39 Å². The summed E-state index contributed by atoms with van der Waals surface area (Å²) >= 11 is 0. The summed E-state index contributed by atoms with van der Waals surface area (Å²) in [5, 5.41) is 0. The number of carbonyl (C=O) groups excluding carboxylic acids is 1. The molecule has 1 atom stereocenters. The number of halogens is 1. The molecule has 1 saturated heterocycles. The number of nitrogens with zero attached hydrogens (tertiary/aromatic N) is 1. The van der Waals surface area contributed by atoms with Crippen LogP contribution in [-0.2, 0) is 11.3 Å². The van der Waals surface area contributed by atoms with E-state index in [1.165, 1.54) is 12.1 Å². The highest BCUT2D eigenvalue weighted by atomic mass is 19.1. The zero-order valence-corrected chi connectivity index (χ0v) is 14.3. The fourth-order valence-corrected chi connectivity index (χ4v) is 3.04. The van der Waals surface area contributed by atoms with Gasteiger partial charge >= 0.3 is 0 Å². The maximum absolute atomic E-state index is 13.2. The number of methoxy groups -OCH3 is 1. The van der Waals surface area contributed by atoms with Gasteiger partial charge in [0.25, 0.3) is 5.91 Å². The summed E-state index contributed by atoms with van der Waals surface area (Å²) < 4.78 is 24.3. The Hall–Kier alpha value is -2.40. The summed E-state index contributed by atoms with van der Waals surface area (Å²) in [7, 11) is 1.58. The minimum atomic E-state index is -0.264. The third-order valence-corrected chi connectivity index (χ3v) is 4.36. The first-order chi connectivity index (χ1) is 12.2. The van der Waals surface area contributed by atoms with Gasteiger partial charge in [-0.05, 0) is 48.7 Å². The standard InChI is InChI=1S/C20H22FNO3/c1-24-18-8-3-6-16(12-18)20(23)22-10-4-9-19(13-22)25-14-15-5-2-7-17(21)11-15/h2-3,5-8,11-12,19H,4,9-10,13-14H2,1H3. The lowest BCUT2D eigenvalue weighted by molar-refractivity contribution is -0.00679. The number of benzene rings is 2. The number of hydrogen-bond acceptors (Lipinski definition) is 3. The smallest absolute Gasteiger partial charge is 0.254 e. The predicted octanol–water partition coefficient (Wildman–Crippen LogP) is 3.66. The number of rotatable bonds is 5. The van der Waals surface area contributed by atoms with E-state index >= 15 is 0 Å². The highest BCUT2D eigenvalue weighted by molar-refractivity contribution is 5.94. The first-order valence-electron chi connectivity index (χ1n) is 8.45. The predicted molar refractivity (Wildman–Crippen MR) is 93.1 cm³/mol. The third-order valence-electron chi connectivity index (χ3n) is 4.36. The van der Waals surface area contributed by atoms with Crippen LogP contribution in [0.3, 0.4) is 0 Å². The first kappa shape index (κ1) is 17.4. The average molecular weight is 343 g/mol. The molecule has 3 rings (SSSR count). The molecule has 1 amide bonds. The number of hydrogen-bond donors (Lipinski definition) is 0. The normalized spacial score (nSPS) is 17.4. The molecular formula is C20H22FNO3. The van der Waals surface area contributed by atoms with E-state index in [1.54, 1.807) is 25.3 Å². The molecule has 1 heterocycles. The Labute approximate surface area is 147 Å². The minimum absolute atomic E-state index is 0.0158. The Bertz CT molecular complexity index is 734. The molecule has 25 heavy (non-hydrogen) atoms. The molecule has 5 heteroatoms. The van der Waals surface area contributed by atoms with Crippen molar-refractivity contribution in [2.24, 2.45) is 0 Å². The van der Waals surface area contributed by atoms with Crippen LogP contribution in [0.1, 0.15) is 28.8 Å². The van der Waals surface area contributed by atoms with Crippen LogP contribution in [0.4, 0.5) is 4.39 Å². The summed E-state index contributed by atoms with van der Waals surface area (Å²) in [6.45, 7) is 1.62. The highest BCUT2D eigenvalue weighted by Gasteiger charge is 2.25. The van der Waals surface area contributed by atoms with Gasteiger partial charge in [0.15, 0.2) is 0 Å². The first-order valence-corrected chi connectivity index (χ1v) is 8.45. The van der Waals surface area contributed by atoms with Crippen LogP contribution in [0.5, 0.6) is 5.75 Å². The van der Waals surface area contributed by atoms with Gasteiger partial charge in [0.2, 0.25) is 0 Å². The number of amides is 1. The van der Waals surface area contributed by atoms with Crippen molar-refractivity contribution in [3.63, 3.8) is 0 Å². The summed E-state index contributed by atoms with van der Waals surface area (Å²) in [6.07, 6.45) is 1.76. The van der Waals surface area contributed by atoms with Crippen LogP contribution >= 0.6 is 0 Å². The summed E-state index contributed by atoms with van der Waals surface area (Å²) in [6, 6.07) is 13.6. The Morgan fingerprint density at radius 1 is 1.24 bits per heavy atom. The third kappa shape index (κ3) is 4.57. The molecule has 0 radical (unpaired) electrons. The fraction of sp³-hybridized carbons (Fsp3) is 0.350. The molecule has 1 aliphatic rings. The number of carbonyl (C=O) groups is 1. The maximum atomic E-state index is 13.2. The molecule has 1 aliphatic heterocycles. The van der Waals surface area contributed by atoms with E-state index in [0.29, 0.717) is 24.5 Å². The molecule has 0 bridgehead atoms. The van der Waals surface area contributed by atoms with E-state index in [1.807, 2.05) is 23.1 Å². The van der Waals surface area contributed by atoms with Gasteiger partial charge in [-0.1, -0.05) is 18.2 Å². The Kier molecular flexibility index (Phi) is 5.66. The van der Waals surface area contributed by atoms with E-state index in [2.05, 4.69) is 0 Å². The van der Waals surface area contributed by atoms with E-state index < -0.39 is 0 Å². The van der Waals surface area contributed by atoms with Crippen molar-refractivity contribution in [1.82, 2.24) is 4.90 Å². The van der Waals surface area contributed by atoms with Crippen molar-refractivity contribution in [1.29, 1.82) is 0 Å². The van der Waals surface area contributed by atoms with Crippen molar-refractivity contribution in [3.8, 4) is 5.75 Å². The Balaban J connectivity index is 1.59. The van der Waals surface area contributed by atoms with Crippen LogP contribution < -0.4 is 4.74 Å². The molecule has 132 valence electrons. The lowest BCUT2D eigenvalue weighted by Gasteiger charge is -2.32. The average Bonchev–Trinajstić information content (AvgIpc) is 2.66. The summed E-state index contributed by atoms with van der Waals surface area (Å²) in [5.41, 5.74) is 1.42. The molecule has 2 aromatic carbocycles.